The van der Waals surface area contributed by atoms with Gasteiger partial charge in [0, 0.05) is 18.7 Å². The minimum Gasteiger partial charge on any atom is -0.491 e. The van der Waals surface area contributed by atoms with Crippen molar-refractivity contribution in [2.24, 2.45) is 0 Å². The highest BCUT2D eigenvalue weighted by molar-refractivity contribution is 7.89. The molecule has 6 nitrogen and oxygen atoms in total. The Bertz CT molecular complexity index is 1130. The van der Waals surface area contributed by atoms with Crippen molar-refractivity contribution in [1.29, 1.82) is 0 Å². The second-order valence-corrected chi connectivity index (χ2v) is 9.42. The van der Waals surface area contributed by atoms with E-state index in [1.807, 2.05) is 68.4 Å². The normalized spacial score (nSPS) is 11.3. The van der Waals surface area contributed by atoms with E-state index in [9.17, 15) is 13.2 Å². The van der Waals surface area contributed by atoms with Crippen molar-refractivity contribution in [2.45, 2.75) is 37.8 Å². The number of nitrogens with one attached hydrogen (secondary N) is 2. The molecule has 0 aliphatic heterocycles. The number of ether oxygens (including phenoxy) is 1. The predicted molar refractivity (Wildman–Crippen MR) is 125 cm³/mol. The summed E-state index contributed by atoms with van der Waals surface area (Å²) in [7, 11) is -3.73. The molecule has 0 bridgehead atoms. The van der Waals surface area contributed by atoms with Gasteiger partial charge in [0.25, 0.3) is 5.91 Å². The third-order valence-corrected chi connectivity index (χ3v) is 6.11. The first-order valence-corrected chi connectivity index (χ1v) is 12.0. The van der Waals surface area contributed by atoms with Crippen LogP contribution in [0.1, 0.15) is 35.3 Å². The minimum atomic E-state index is -3.73. The van der Waals surface area contributed by atoms with Gasteiger partial charge in [-0.1, -0.05) is 48.5 Å². The molecule has 3 aromatic carbocycles. The van der Waals surface area contributed by atoms with Crippen LogP contribution in [0.2, 0.25) is 0 Å². The minimum absolute atomic E-state index is 0.0572. The Hall–Kier alpha value is -3.16. The largest absolute Gasteiger partial charge is 0.491 e. The molecule has 3 aromatic rings. The number of hydrogen-bond acceptors (Lipinski definition) is 4. The van der Waals surface area contributed by atoms with Crippen LogP contribution in [0.3, 0.4) is 0 Å². The van der Waals surface area contributed by atoms with Crippen LogP contribution in [0.4, 0.5) is 0 Å². The van der Waals surface area contributed by atoms with Crippen LogP contribution in [-0.2, 0) is 23.0 Å². The van der Waals surface area contributed by atoms with Crippen LogP contribution in [0.15, 0.2) is 83.8 Å². The number of amides is 1. The zero-order chi connectivity index (χ0) is 23.0. The standard InChI is InChI=1S/C25H28N2O4S/c1-19(2)31-23-13-11-20(12-14-23)15-16-26-25(28)22-9-6-10-24(17-22)32(29,30)27-18-21-7-4-3-5-8-21/h3-14,17,19,27H,15-16,18H2,1-2H3,(H,26,28). The maximum absolute atomic E-state index is 12.6. The lowest BCUT2D eigenvalue weighted by Gasteiger charge is -2.11. The topological polar surface area (TPSA) is 84.5 Å². The zero-order valence-electron chi connectivity index (χ0n) is 18.2. The van der Waals surface area contributed by atoms with Crippen LogP contribution in [0, 0.1) is 0 Å². The van der Waals surface area contributed by atoms with Gasteiger partial charge in [0.05, 0.1) is 11.0 Å². The van der Waals surface area contributed by atoms with E-state index < -0.39 is 10.0 Å². The highest BCUT2D eigenvalue weighted by atomic mass is 32.2. The highest BCUT2D eigenvalue weighted by Gasteiger charge is 2.16. The van der Waals surface area contributed by atoms with Crippen molar-refractivity contribution in [3.8, 4) is 5.75 Å². The first kappa shape index (κ1) is 23.5. The van der Waals surface area contributed by atoms with Crippen molar-refractivity contribution in [1.82, 2.24) is 10.0 Å². The van der Waals surface area contributed by atoms with E-state index in [-0.39, 0.29) is 23.5 Å². The third-order valence-electron chi connectivity index (χ3n) is 4.71. The lowest BCUT2D eigenvalue weighted by atomic mass is 10.1. The highest BCUT2D eigenvalue weighted by Crippen LogP contribution is 2.15. The third kappa shape index (κ3) is 6.93. The van der Waals surface area contributed by atoms with Crippen LogP contribution in [0.25, 0.3) is 0 Å². The molecule has 0 aromatic heterocycles. The summed E-state index contributed by atoms with van der Waals surface area (Å²) in [6.45, 7) is 4.57. The SMILES string of the molecule is CC(C)Oc1ccc(CCNC(=O)c2cccc(S(=O)(=O)NCc3ccccc3)c2)cc1. The molecule has 0 radical (unpaired) electrons. The van der Waals surface area contributed by atoms with Crippen molar-refractivity contribution in [2.75, 3.05) is 6.54 Å². The van der Waals surface area contributed by atoms with Gasteiger partial charge in [-0.2, -0.15) is 0 Å². The van der Waals surface area contributed by atoms with Gasteiger partial charge in [-0.3, -0.25) is 4.79 Å². The lowest BCUT2D eigenvalue weighted by Crippen LogP contribution is -2.27. The second-order valence-electron chi connectivity index (χ2n) is 7.65. The Balaban J connectivity index is 1.55. The molecule has 0 saturated carbocycles. The van der Waals surface area contributed by atoms with Gasteiger partial charge in [-0.05, 0) is 61.7 Å². The maximum Gasteiger partial charge on any atom is 0.251 e. The number of benzene rings is 3. The van der Waals surface area contributed by atoms with Gasteiger partial charge in [0.15, 0.2) is 0 Å². The van der Waals surface area contributed by atoms with E-state index in [1.165, 1.54) is 12.1 Å². The number of hydrogen-bond donors (Lipinski definition) is 2. The summed E-state index contributed by atoms with van der Waals surface area (Å²) in [6.07, 6.45) is 0.776. The smallest absolute Gasteiger partial charge is 0.251 e. The Morgan fingerprint density at radius 2 is 1.62 bits per heavy atom. The molecule has 0 heterocycles. The fraction of sp³-hybridized carbons (Fsp3) is 0.240. The van der Waals surface area contributed by atoms with E-state index >= 15 is 0 Å². The van der Waals surface area contributed by atoms with E-state index in [0.29, 0.717) is 18.5 Å². The van der Waals surface area contributed by atoms with Gasteiger partial charge in [-0.15, -0.1) is 0 Å². The summed E-state index contributed by atoms with van der Waals surface area (Å²) in [5.41, 5.74) is 2.23. The Kier molecular flexibility index (Phi) is 8.03. The molecule has 168 valence electrons. The van der Waals surface area contributed by atoms with Crippen LogP contribution in [0.5, 0.6) is 5.75 Å². The van der Waals surface area contributed by atoms with Crippen LogP contribution in [-0.4, -0.2) is 27.0 Å². The van der Waals surface area contributed by atoms with Crippen molar-refractivity contribution in [3.63, 3.8) is 0 Å². The molecule has 7 heteroatoms. The summed E-state index contributed by atoms with van der Waals surface area (Å²) < 4.78 is 33.4. The van der Waals surface area contributed by atoms with Gasteiger partial charge in [-0.25, -0.2) is 13.1 Å². The average molecular weight is 453 g/mol. The monoisotopic (exact) mass is 452 g/mol. The summed E-state index contributed by atoms with van der Waals surface area (Å²) in [6, 6.07) is 23.1. The van der Waals surface area contributed by atoms with Crippen LogP contribution >= 0.6 is 0 Å². The first-order chi connectivity index (χ1) is 15.3. The molecule has 0 aliphatic rings. The molecule has 1 amide bonds. The molecule has 0 fully saturated rings. The summed E-state index contributed by atoms with van der Waals surface area (Å²) in [4.78, 5) is 12.6. The second kappa shape index (κ2) is 10.9. The van der Waals surface area contributed by atoms with Crippen molar-refractivity contribution in [3.05, 3.63) is 95.6 Å². The molecular formula is C25H28N2O4S. The number of sulfonamides is 1. The maximum atomic E-state index is 12.6. The van der Waals surface area contributed by atoms with Gasteiger partial charge in [0.1, 0.15) is 5.75 Å². The van der Waals surface area contributed by atoms with Gasteiger partial charge >= 0.3 is 0 Å². The average Bonchev–Trinajstić information content (AvgIpc) is 2.79. The van der Waals surface area contributed by atoms with Gasteiger partial charge in [0.2, 0.25) is 10.0 Å². The van der Waals surface area contributed by atoms with Crippen molar-refractivity contribution < 1.29 is 17.9 Å². The number of carbonyl (C=O) groups excluding carboxylic acids is 1. The summed E-state index contributed by atoms with van der Waals surface area (Å²) >= 11 is 0. The molecule has 0 unspecified atom stereocenters. The van der Waals surface area contributed by atoms with Gasteiger partial charge < -0.3 is 10.1 Å². The molecule has 2 N–H and O–H groups in total. The van der Waals surface area contributed by atoms with Crippen LogP contribution < -0.4 is 14.8 Å². The number of carbonyl (C=O) groups is 1. The number of rotatable bonds is 10. The fourth-order valence-electron chi connectivity index (χ4n) is 3.09. The molecule has 0 spiro atoms. The molecule has 0 saturated heterocycles. The van der Waals surface area contributed by atoms with E-state index in [0.717, 1.165) is 16.9 Å². The molecule has 3 rings (SSSR count). The Labute approximate surface area is 189 Å². The van der Waals surface area contributed by atoms with E-state index in [4.69, 9.17) is 4.74 Å². The zero-order valence-corrected chi connectivity index (χ0v) is 19.1. The summed E-state index contributed by atoms with van der Waals surface area (Å²) in [5.74, 6) is 0.497. The molecule has 32 heavy (non-hydrogen) atoms. The lowest BCUT2D eigenvalue weighted by molar-refractivity contribution is 0.0954. The first-order valence-electron chi connectivity index (χ1n) is 10.5. The van der Waals surface area contributed by atoms with E-state index in [2.05, 4.69) is 10.0 Å². The predicted octanol–water partition coefficient (Wildman–Crippen LogP) is 3.92. The Morgan fingerprint density at radius 1 is 0.906 bits per heavy atom. The Morgan fingerprint density at radius 3 is 2.31 bits per heavy atom. The molecular weight excluding hydrogens is 424 g/mol. The van der Waals surface area contributed by atoms with E-state index in [1.54, 1.807) is 12.1 Å². The molecule has 0 aliphatic carbocycles. The summed E-state index contributed by atoms with van der Waals surface area (Å²) in [5, 5.41) is 2.85. The quantitative estimate of drug-likeness (QED) is 0.488. The molecule has 0 atom stereocenters. The fourth-order valence-corrected chi connectivity index (χ4v) is 4.15. The van der Waals surface area contributed by atoms with Crippen molar-refractivity contribution >= 4 is 15.9 Å².